The summed E-state index contributed by atoms with van der Waals surface area (Å²) in [5.74, 6) is 1.38. The smallest absolute Gasteiger partial charge is 0.316 e. The molecule has 0 aliphatic heterocycles. The minimum Gasteiger partial charge on any atom is -0.461 e. The van der Waals surface area contributed by atoms with Gasteiger partial charge in [0.25, 0.3) is 0 Å². The van der Waals surface area contributed by atoms with E-state index < -0.39 is 0 Å². The van der Waals surface area contributed by atoms with Gasteiger partial charge < -0.3 is 4.74 Å². The summed E-state index contributed by atoms with van der Waals surface area (Å²) < 4.78 is 5.62. The second kappa shape index (κ2) is 6.77. The van der Waals surface area contributed by atoms with Crippen LogP contribution in [0.5, 0.6) is 0 Å². The quantitative estimate of drug-likeness (QED) is 0.580. The third kappa shape index (κ3) is 3.70. The van der Waals surface area contributed by atoms with Crippen LogP contribution in [0.1, 0.15) is 57.8 Å². The Labute approximate surface area is 113 Å². The van der Waals surface area contributed by atoms with Crippen LogP contribution < -0.4 is 0 Å². The third-order valence-electron chi connectivity index (χ3n) is 4.40. The van der Waals surface area contributed by atoms with Crippen LogP contribution in [0.3, 0.4) is 0 Å². The zero-order chi connectivity index (χ0) is 12.1. The van der Waals surface area contributed by atoms with E-state index in [4.69, 9.17) is 4.74 Å². The van der Waals surface area contributed by atoms with Crippen molar-refractivity contribution >= 4 is 21.9 Å². The number of carbonyl (C=O) groups is 1. The summed E-state index contributed by atoms with van der Waals surface area (Å²) in [6.45, 7) is 0. The molecular weight excluding hydrogens is 280 g/mol. The molecule has 0 spiro atoms. The zero-order valence-corrected chi connectivity index (χ0v) is 12.1. The molecule has 2 aliphatic carbocycles. The Morgan fingerprint density at radius 3 is 2.35 bits per heavy atom. The van der Waals surface area contributed by atoms with E-state index in [0.717, 1.165) is 12.3 Å². The van der Waals surface area contributed by atoms with E-state index in [1.165, 1.54) is 51.4 Å². The average Bonchev–Trinajstić information content (AvgIpc) is 2.40. The first-order valence-electron chi connectivity index (χ1n) is 7.06. The third-order valence-corrected chi connectivity index (χ3v) is 4.86. The van der Waals surface area contributed by atoms with Crippen molar-refractivity contribution in [2.24, 2.45) is 11.8 Å². The van der Waals surface area contributed by atoms with Crippen LogP contribution in [0, 0.1) is 11.8 Å². The second-order valence-electron chi connectivity index (χ2n) is 5.51. The highest BCUT2D eigenvalue weighted by Gasteiger charge is 2.34. The fraction of sp³-hybridized carbons (Fsp3) is 0.929. The molecule has 0 unspecified atom stereocenters. The van der Waals surface area contributed by atoms with Crippen molar-refractivity contribution in [2.45, 2.75) is 63.9 Å². The maximum absolute atomic E-state index is 11.4. The predicted molar refractivity (Wildman–Crippen MR) is 72.2 cm³/mol. The van der Waals surface area contributed by atoms with E-state index in [1.807, 2.05) is 0 Å². The lowest BCUT2D eigenvalue weighted by molar-refractivity contribution is -0.152. The molecule has 0 aromatic heterocycles. The second-order valence-corrected chi connectivity index (χ2v) is 6.07. The fourth-order valence-corrected chi connectivity index (χ4v) is 3.71. The van der Waals surface area contributed by atoms with Crippen molar-refractivity contribution in [3.63, 3.8) is 0 Å². The Kier molecular flexibility index (Phi) is 5.33. The minimum atomic E-state index is -0.0855. The van der Waals surface area contributed by atoms with Gasteiger partial charge in [0.05, 0.1) is 0 Å². The van der Waals surface area contributed by atoms with Gasteiger partial charge in [-0.2, -0.15) is 0 Å². The van der Waals surface area contributed by atoms with Crippen molar-refractivity contribution in [3.8, 4) is 0 Å². The molecule has 2 aliphatic rings. The average molecular weight is 303 g/mol. The van der Waals surface area contributed by atoms with Gasteiger partial charge in [0.15, 0.2) is 0 Å². The van der Waals surface area contributed by atoms with Gasteiger partial charge in [-0.25, -0.2) is 0 Å². The van der Waals surface area contributed by atoms with Gasteiger partial charge in [-0.3, -0.25) is 4.79 Å². The largest absolute Gasteiger partial charge is 0.461 e. The van der Waals surface area contributed by atoms with Crippen LogP contribution in [-0.4, -0.2) is 17.4 Å². The highest BCUT2D eigenvalue weighted by Crippen LogP contribution is 2.39. The van der Waals surface area contributed by atoms with Crippen LogP contribution in [0.15, 0.2) is 0 Å². The Hall–Kier alpha value is -0.0500. The molecule has 2 fully saturated rings. The number of halogens is 1. The van der Waals surface area contributed by atoms with Crippen LogP contribution in [0.25, 0.3) is 0 Å². The monoisotopic (exact) mass is 302 g/mol. The number of alkyl halides is 1. The Morgan fingerprint density at radius 2 is 1.65 bits per heavy atom. The summed E-state index contributed by atoms with van der Waals surface area (Å²) in [7, 11) is 0. The Bertz CT molecular complexity index is 249. The SMILES string of the molecule is O=C(CBr)O[C@@H]1CCCC[C@@H]1C1CCCCC1. The van der Waals surface area contributed by atoms with Crippen molar-refractivity contribution in [2.75, 3.05) is 5.33 Å². The molecule has 98 valence electrons. The topological polar surface area (TPSA) is 26.3 Å². The fourth-order valence-electron chi connectivity index (χ4n) is 3.57. The van der Waals surface area contributed by atoms with Gasteiger partial charge in [-0.15, -0.1) is 0 Å². The molecule has 0 heterocycles. The van der Waals surface area contributed by atoms with E-state index in [-0.39, 0.29) is 12.1 Å². The summed E-state index contributed by atoms with van der Waals surface area (Å²) in [4.78, 5) is 11.4. The van der Waals surface area contributed by atoms with E-state index in [1.54, 1.807) is 0 Å². The molecule has 0 aromatic carbocycles. The molecule has 2 atom stereocenters. The summed E-state index contributed by atoms with van der Waals surface area (Å²) in [6.07, 6.45) is 12.0. The van der Waals surface area contributed by atoms with Crippen molar-refractivity contribution in [3.05, 3.63) is 0 Å². The van der Waals surface area contributed by atoms with Gasteiger partial charge in [-0.05, 0) is 31.1 Å². The molecule has 0 radical (unpaired) electrons. The van der Waals surface area contributed by atoms with Gasteiger partial charge in [0.2, 0.25) is 0 Å². The van der Waals surface area contributed by atoms with Crippen LogP contribution in [0.2, 0.25) is 0 Å². The summed E-state index contributed by atoms with van der Waals surface area (Å²) >= 11 is 3.18. The maximum Gasteiger partial charge on any atom is 0.316 e. The van der Waals surface area contributed by atoms with E-state index in [2.05, 4.69) is 15.9 Å². The van der Waals surface area contributed by atoms with Gasteiger partial charge in [0, 0.05) is 0 Å². The van der Waals surface area contributed by atoms with Crippen molar-refractivity contribution in [1.29, 1.82) is 0 Å². The lowest BCUT2D eigenvalue weighted by atomic mass is 9.72. The molecule has 17 heavy (non-hydrogen) atoms. The molecule has 0 N–H and O–H groups in total. The zero-order valence-electron chi connectivity index (χ0n) is 10.5. The van der Waals surface area contributed by atoms with Gasteiger partial charge in [0.1, 0.15) is 11.4 Å². The molecule has 2 nitrogen and oxygen atoms in total. The normalized spacial score (nSPS) is 31.1. The predicted octanol–water partition coefficient (Wildman–Crippen LogP) is 4.06. The lowest BCUT2D eigenvalue weighted by Gasteiger charge is -2.38. The molecule has 0 saturated heterocycles. The Balaban J connectivity index is 1.93. The van der Waals surface area contributed by atoms with Gasteiger partial charge in [-0.1, -0.05) is 54.5 Å². The van der Waals surface area contributed by atoms with Gasteiger partial charge >= 0.3 is 5.97 Å². The molecule has 2 saturated carbocycles. The number of ether oxygens (including phenoxy) is 1. The molecule has 3 heteroatoms. The number of esters is 1. The van der Waals surface area contributed by atoms with E-state index in [9.17, 15) is 4.79 Å². The standard InChI is InChI=1S/C14H23BrO2/c15-10-14(16)17-13-9-5-4-8-12(13)11-6-2-1-3-7-11/h11-13H,1-10H2/t12-,13-/m1/s1. The highest BCUT2D eigenvalue weighted by atomic mass is 79.9. The van der Waals surface area contributed by atoms with E-state index in [0.29, 0.717) is 11.2 Å². The first kappa shape index (κ1) is 13.4. The molecule has 2 rings (SSSR count). The number of hydrogen-bond acceptors (Lipinski definition) is 2. The maximum atomic E-state index is 11.4. The number of carbonyl (C=O) groups excluding carboxylic acids is 1. The number of rotatable bonds is 3. The molecule has 0 bridgehead atoms. The highest BCUT2D eigenvalue weighted by molar-refractivity contribution is 9.09. The summed E-state index contributed by atoms with van der Waals surface area (Å²) in [5.41, 5.74) is 0. The van der Waals surface area contributed by atoms with E-state index >= 15 is 0 Å². The minimum absolute atomic E-state index is 0.0855. The van der Waals surface area contributed by atoms with Crippen LogP contribution in [0.4, 0.5) is 0 Å². The summed E-state index contributed by atoms with van der Waals surface area (Å²) in [6, 6.07) is 0. The van der Waals surface area contributed by atoms with Crippen LogP contribution in [-0.2, 0) is 9.53 Å². The lowest BCUT2D eigenvalue weighted by Crippen LogP contribution is -2.36. The van der Waals surface area contributed by atoms with Crippen LogP contribution >= 0.6 is 15.9 Å². The summed E-state index contributed by atoms with van der Waals surface area (Å²) in [5, 5.41) is 0.334. The first-order chi connectivity index (χ1) is 8.31. The first-order valence-corrected chi connectivity index (χ1v) is 8.19. The molecule has 0 amide bonds. The molecular formula is C14H23BrO2. The Morgan fingerprint density at radius 1 is 1.00 bits per heavy atom. The molecule has 0 aromatic rings. The van der Waals surface area contributed by atoms with Crippen molar-refractivity contribution < 1.29 is 9.53 Å². The van der Waals surface area contributed by atoms with Crippen molar-refractivity contribution in [1.82, 2.24) is 0 Å². The number of hydrogen-bond donors (Lipinski definition) is 0.